The highest BCUT2D eigenvalue weighted by atomic mass is 15.3. The van der Waals surface area contributed by atoms with Gasteiger partial charge in [-0.2, -0.15) is 5.10 Å². The number of hydrogen-bond acceptors (Lipinski definition) is 3. The van der Waals surface area contributed by atoms with E-state index in [1.165, 1.54) is 38.1 Å². The van der Waals surface area contributed by atoms with E-state index < -0.39 is 0 Å². The van der Waals surface area contributed by atoms with Gasteiger partial charge in [-0.15, -0.1) is 0 Å². The van der Waals surface area contributed by atoms with E-state index in [1.807, 2.05) is 41.2 Å². The zero-order chi connectivity index (χ0) is 34.2. The number of fused-ring (bicyclic) bond motifs is 9. The fourth-order valence-electron chi connectivity index (χ4n) is 8.04. The van der Waals surface area contributed by atoms with Crippen molar-refractivity contribution in [3.8, 4) is 34.0 Å². The Labute approximate surface area is 298 Å². The molecular formula is C47H29N5. The van der Waals surface area contributed by atoms with Gasteiger partial charge >= 0.3 is 0 Å². The second kappa shape index (κ2) is 11.2. The smallest absolute Gasteiger partial charge is 0.235 e. The predicted molar refractivity (Wildman–Crippen MR) is 214 cm³/mol. The lowest BCUT2D eigenvalue weighted by atomic mass is 9.91. The SMILES string of the molecule is c1ccc(-c2nc(-n3c4cc5c(cnn5-c5ccccc5)cc4c4c5c(ccc43)c(-c3ccccc3)cc3ccccc35)nc3ccccc23)cc1. The molecule has 0 N–H and O–H groups in total. The van der Waals surface area contributed by atoms with E-state index in [0.29, 0.717) is 5.95 Å². The lowest BCUT2D eigenvalue weighted by Crippen LogP contribution is -2.03. The molecule has 3 aromatic heterocycles. The van der Waals surface area contributed by atoms with Crippen molar-refractivity contribution < 1.29 is 0 Å². The largest absolute Gasteiger partial charge is 0.278 e. The van der Waals surface area contributed by atoms with E-state index in [9.17, 15) is 0 Å². The Kier molecular flexibility index (Phi) is 6.18. The molecule has 0 radical (unpaired) electrons. The molecule has 0 saturated heterocycles. The van der Waals surface area contributed by atoms with Crippen molar-refractivity contribution in [3.63, 3.8) is 0 Å². The van der Waals surface area contributed by atoms with Crippen LogP contribution in [0.1, 0.15) is 0 Å². The zero-order valence-corrected chi connectivity index (χ0v) is 28.0. The molecule has 0 unspecified atom stereocenters. The molecule has 52 heavy (non-hydrogen) atoms. The first kappa shape index (κ1) is 28.7. The molecule has 0 fully saturated rings. The molecule has 0 aliphatic carbocycles. The second-order valence-corrected chi connectivity index (χ2v) is 13.3. The van der Waals surface area contributed by atoms with Crippen LogP contribution in [0.15, 0.2) is 176 Å². The minimum atomic E-state index is 0.630. The number of nitrogens with zero attached hydrogens (tertiary/aromatic N) is 5. The summed E-state index contributed by atoms with van der Waals surface area (Å²) in [6.07, 6.45) is 1.98. The lowest BCUT2D eigenvalue weighted by molar-refractivity contribution is 0.910. The first-order valence-corrected chi connectivity index (χ1v) is 17.5. The van der Waals surface area contributed by atoms with Crippen LogP contribution in [0.25, 0.3) is 99.2 Å². The Morgan fingerprint density at radius 1 is 0.423 bits per heavy atom. The zero-order valence-electron chi connectivity index (χ0n) is 28.0. The van der Waals surface area contributed by atoms with Crippen LogP contribution in [0.4, 0.5) is 0 Å². The molecule has 3 heterocycles. The summed E-state index contributed by atoms with van der Waals surface area (Å²) in [5.74, 6) is 0.630. The molecule has 11 rings (SSSR count). The van der Waals surface area contributed by atoms with E-state index >= 15 is 0 Å². The van der Waals surface area contributed by atoms with Crippen molar-refractivity contribution in [2.24, 2.45) is 0 Å². The van der Waals surface area contributed by atoms with E-state index in [0.717, 1.165) is 55.2 Å². The maximum absolute atomic E-state index is 5.40. The predicted octanol–water partition coefficient (Wildman–Crippen LogP) is 11.7. The highest BCUT2D eigenvalue weighted by Crippen LogP contribution is 2.44. The molecule has 0 atom stereocenters. The third-order valence-electron chi connectivity index (χ3n) is 10.4. The summed E-state index contributed by atoms with van der Waals surface area (Å²) in [4.78, 5) is 10.7. The number of rotatable bonds is 4. The standard InChI is InChI=1S/C47H29N5/c1-4-14-30(15-5-1)38-26-32-18-10-11-21-35(32)44-36(38)24-25-41-45(44)39-27-33-29-48-52(34-19-8-3-9-20-34)42(33)28-43(39)51(41)47-49-40-23-13-12-22-37(40)46(50-47)31-16-6-2-7-17-31/h1-29H. The maximum atomic E-state index is 5.40. The van der Waals surface area contributed by atoms with E-state index in [4.69, 9.17) is 15.1 Å². The molecule has 5 nitrogen and oxygen atoms in total. The summed E-state index contributed by atoms with van der Waals surface area (Å²) in [7, 11) is 0. The van der Waals surface area contributed by atoms with Crippen LogP contribution >= 0.6 is 0 Å². The van der Waals surface area contributed by atoms with E-state index in [-0.39, 0.29) is 0 Å². The second-order valence-electron chi connectivity index (χ2n) is 13.3. The molecule has 0 spiro atoms. The van der Waals surface area contributed by atoms with Gasteiger partial charge in [-0.25, -0.2) is 14.6 Å². The number of hydrogen-bond donors (Lipinski definition) is 0. The minimum absolute atomic E-state index is 0.630. The molecule has 0 aliphatic rings. The van der Waals surface area contributed by atoms with Crippen molar-refractivity contribution in [2.45, 2.75) is 0 Å². The molecular weight excluding hydrogens is 635 g/mol. The third kappa shape index (κ3) is 4.26. The number of para-hydroxylation sites is 2. The van der Waals surface area contributed by atoms with Gasteiger partial charge in [0.15, 0.2) is 0 Å². The highest BCUT2D eigenvalue weighted by Gasteiger charge is 2.22. The molecule has 0 saturated carbocycles. The van der Waals surface area contributed by atoms with Crippen LogP contribution in [0.5, 0.6) is 0 Å². The highest BCUT2D eigenvalue weighted by molar-refractivity contribution is 6.31. The average Bonchev–Trinajstić information content (AvgIpc) is 3.78. The minimum Gasteiger partial charge on any atom is -0.278 e. The van der Waals surface area contributed by atoms with Gasteiger partial charge in [0.1, 0.15) is 0 Å². The van der Waals surface area contributed by atoms with E-state index in [1.54, 1.807) is 0 Å². The molecule has 242 valence electrons. The first-order valence-electron chi connectivity index (χ1n) is 17.5. The average molecular weight is 664 g/mol. The number of aromatic nitrogens is 5. The maximum Gasteiger partial charge on any atom is 0.235 e. The molecule has 8 aromatic carbocycles. The van der Waals surface area contributed by atoms with Crippen molar-refractivity contribution in [3.05, 3.63) is 176 Å². The topological polar surface area (TPSA) is 48.5 Å². The van der Waals surface area contributed by atoms with E-state index in [2.05, 4.69) is 144 Å². The number of benzene rings is 8. The third-order valence-corrected chi connectivity index (χ3v) is 10.4. The van der Waals surface area contributed by atoms with Crippen molar-refractivity contribution in [1.82, 2.24) is 24.3 Å². The Morgan fingerprint density at radius 2 is 1.12 bits per heavy atom. The first-order chi connectivity index (χ1) is 25.8. The van der Waals surface area contributed by atoms with Gasteiger partial charge in [0.05, 0.1) is 39.6 Å². The molecule has 11 aromatic rings. The summed E-state index contributed by atoms with van der Waals surface area (Å²) in [5, 5.41) is 14.1. The molecule has 0 bridgehead atoms. The normalized spacial score (nSPS) is 11.8. The van der Waals surface area contributed by atoms with Gasteiger partial charge in [-0.1, -0.05) is 127 Å². The van der Waals surface area contributed by atoms with Crippen LogP contribution in [-0.2, 0) is 0 Å². The molecule has 0 amide bonds. The summed E-state index contributed by atoms with van der Waals surface area (Å²) in [6, 6.07) is 59.9. The monoisotopic (exact) mass is 663 g/mol. The fourth-order valence-corrected chi connectivity index (χ4v) is 8.04. The molecule has 0 aliphatic heterocycles. The fraction of sp³-hybridized carbons (Fsp3) is 0. The van der Waals surface area contributed by atoms with Crippen LogP contribution in [0.3, 0.4) is 0 Å². The Balaban J connectivity index is 1.33. The summed E-state index contributed by atoms with van der Waals surface area (Å²) >= 11 is 0. The Bertz CT molecular complexity index is 3160. The van der Waals surface area contributed by atoms with Gasteiger partial charge < -0.3 is 0 Å². The Hall–Kier alpha value is -7.11. The van der Waals surface area contributed by atoms with Crippen LogP contribution in [0, 0.1) is 0 Å². The summed E-state index contributed by atoms with van der Waals surface area (Å²) in [6.45, 7) is 0. The molecule has 5 heteroatoms. The van der Waals surface area contributed by atoms with Crippen LogP contribution in [0.2, 0.25) is 0 Å². The summed E-state index contributed by atoms with van der Waals surface area (Å²) < 4.78 is 4.28. The van der Waals surface area contributed by atoms with Gasteiger partial charge in [0.2, 0.25) is 5.95 Å². The van der Waals surface area contributed by atoms with Gasteiger partial charge in [-0.05, 0) is 69.8 Å². The van der Waals surface area contributed by atoms with Crippen molar-refractivity contribution in [1.29, 1.82) is 0 Å². The van der Waals surface area contributed by atoms with Crippen LogP contribution < -0.4 is 0 Å². The lowest BCUT2D eigenvalue weighted by Gasteiger charge is -2.14. The van der Waals surface area contributed by atoms with Gasteiger partial charge in [0, 0.05) is 32.5 Å². The van der Waals surface area contributed by atoms with Crippen molar-refractivity contribution >= 4 is 65.2 Å². The van der Waals surface area contributed by atoms with Crippen molar-refractivity contribution in [2.75, 3.05) is 0 Å². The Morgan fingerprint density at radius 3 is 1.92 bits per heavy atom. The summed E-state index contributed by atoms with van der Waals surface area (Å²) in [5.41, 5.74) is 9.37. The van der Waals surface area contributed by atoms with Gasteiger partial charge in [-0.3, -0.25) is 4.57 Å². The van der Waals surface area contributed by atoms with Crippen LogP contribution in [-0.4, -0.2) is 24.3 Å². The quantitative estimate of drug-likeness (QED) is 0.176. The van der Waals surface area contributed by atoms with Gasteiger partial charge in [0.25, 0.3) is 0 Å².